The number of phosphoric acid groups is 2. The molecule has 24 heteroatoms. The zero-order valence-corrected chi connectivity index (χ0v) is 32.9. The Labute approximate surface area is 318 Å². The molecular weight excluding hydrogens is 783 g/mol. The fraction of sp³-hybridized carbons (Fsp3) is 0.793. The van der Waals surface area contributed by atoms with Crippen LogP contribution in [0.15, 0.2) is 9.81 Å². The van der Waals surface area contributed by atoms with E-state index in [0.717, 1.165) is 29.9 Å². The van der Waals surface area contributed by atoms with E-state index in [-0.39, 0.29) is 117 Å². The molecule has 53 heavy (non-hydrogen) atoms. The molecule has 0 aromatic rings. The number of nitrogens with one attached hydrogen (secondary N) is 3. The Morgan fingerprint density at radius 1 is 0.736 bits per heavy atom. The number of ether oxygens (including phenoxy) is 4. The molecule has 2 radical (unpaired) electrons. The number of carbonyl (C=O) groups is 4. The van der Waals surface area contributed by atoms with Crippen molar-refractivity contribution in [2.24, 2.45) is 0 Å². The zero-order valence-electron chi connectivity index (χ0n) is 29.4. The van der Waals surface area contributed by atoms with Crippen molar-refractivity contribution in [1.82, 2.24) is 16.0 Å². The van der Waals surface area contributed by atoms with E-state index in [1.54, 1.807) is 0 Å². The van der Waals surface area contributed by atoms with Crippen molar-refractivity contribution in [1.29, 1.82) is 0 Å². The highest BCUT2D eigenvalue weighted by molar-refractivity contribution is 8.08. The third kappa shape index (κ3) is 24.0. The van der Waals surface area contributed by atoms with Gasteiger partial charge < -0.3 is 44.3 Å². The second-order valence-electron chi connectivity index (χ2n) is 11.4. The number of unbranched alkanes of at least 4 members (excludes halogenated alkanes) is 3. The maximum absolute atomic E-state index is 12.3. The van der Waals surface area contributed by atoms with Crippen LogP contribution in [0.2, 0.25) is 0 Å². The lowest BCUT2D eigenvalue weighted by Crippen LogP contribution is -2.28. The van der Waals surface area contributed by atoms with Gasteiger partial charge in [0.05, 0.1) is 75.4 Å². The van der Waals surface area contributed by atoms with E-state index in [1.165, 1.54) is 0 Å². The van der Waals surface area contributed by atoms with Crippen molar-refractivity contribution in [3.05, 3.63) is 9.81 Å². The van der Waals surface area contributed by atoms with Gasteiger partial charge in [-0.1, -0.05) is 12.8 Å². The summed E-state index contributed by atoms with van der Waals surface area (Å²) in [6, 6.07) is -0.385. The summed E-state index contributed by atoms with van der Waals surface area (Å²) < 4.78 is 58.0. The Bertz CT molecular complexity index is 1280. The number of phosphoric ester groups is 2. The van der Waals surface area contributed by atoms with E-state index in [9.17, 15) is 33.2 Å². The van der Waals surface area contributed by atoms with Crippen molar-refractivity contribution in [3.8, 4) is 0 Å². The Morgan fingerprint density at radius 2 is 1.28 bits per heavy atom. The molecule has 0 spiro atoms. The summed E-state index contributed by atoms with van der Waals surface area (Å²) in [5.74, 6) is -0.984. The van der Waals surface area contributed by atoms with Crippen LogP contribution in [0.4, 0.5) is 0 Å². The summed E-state index contributed by atoms with van der Waals surface area (Å²) in [6.07, 6.45) is 3.85. The largest absolute Gasteiger partial charge is 0.472 e. The summed E-state index contributed by atoms with van der Waals surface area (Å²) >= 11 is 2.20. The fourth-order valence-corrected chi connectivity index (χ4v) is 7.68. The van der Waals surface area contributed by atoms with Gasteiger partial charge in [-0.25, -0.2) is 9.13 Å². The molecular formula is C29H50BN3O16P2S2. The van der Waals surface area contributed by atoms with Crippen LogP contribution >= 0.6 is 39.2 Å². The number of rotatable bonds is 32. The van der Waals surface area contributed by atoms with E-state index >= 15 is 0 Å². The topological polar surface area (TPSA) is 264 Å². The highest BCUT2D eigenvalue weighted by atomic mass is 32.2. The van der Waals surface area contributed by atoms with Gasteiger partial charge in [-0.3, -0.25) is 38.1 Å². The molecule has 1 fully saturated rings. The molecule has 0 aliphatic carbocycles. The molecule has 3 atom stereocenters. The van der Waals surface area contributed by atoms with Gasteiger partial charge in [0.1, 0.15) is 7.85 Å². The van der Waals surface area contributed by atoms with E-state index in [4.69, 9.17) is 45.6 Å². The molecule has 1 saturated heterocycles. The van der Waals surface area contributed by atoms with E-state index < -0.39 is 27.5 Å². The molecule has 4 amide bonds. The van der Waals surface area contributed by atoms with Gasteiger partial charge in [0, 0.05) is 43.4 Å². The van der Waals surface area contributed by atoms with Crippen LogP contribution in [0.25, 0.3) is 0 Å². The Hall–Kier alpha value is -1.36. The smallest absolute Gasteiger partial charge is 0.382 e. The molecule has 3 unspecified atom stereocenters. The molecule has 302 valence electrons. The van der Waals surface area contributed by atoms with Gasteiger partial charge >= 0.3 is 15.6 Å². The molecule has 2 rings (SSSR count). The van der Waals surface area contributed by atoms with Crippen molar-refractivity contribution >= 4 is 70.6 Å². The first-order valence-electron chi connectivity index (χ1n) is 17.1. The standard InChI is InChI=1S/C29H50BN3O16P2S2/c30-23-6-5-22(49-23)21-48-51(41,42)47-18-17-45-16-15-44-14-13-43-12-10-32-25(35)8-20-53-27-26(28(36)33-29(27)37)52-19-7-24(34)31-9-3-1-2-4-11-46-50(38,39)40/h22-23H,1-21H2,(H,31,34)(H,32,35)(H,41,42)(H,33,36,37)(H2,38,39,40). The van der Waals surface area contributed by atoms with Crippen molar-refractivity contribution in [2.45, 2.75) is 63.5 Å². The molecule has 19 nitrogen and oxygen atoms in total. The summed E-state index contributed by atoms with van der Waals surface area (Å²) in [4.78, 5) is 76.2. The van der Waals surface area contributed by atoms with Crippen LogP contribution < -0.4 is 16.0 Å². The number of thioether (sulfide) groups is 2. The van der Waals surface area contributed by atoms with Crippen LogP contribution in [0.3, 0.4) is 0 Å². The average molecular weight is 834 g/mol. The minimum atomic E-state index is -4.44. The third-order valence-corrected chi connectivity index (χ3v) is 10.8. The normalized spacial score (nSPS) is 18.7. The highest BCUT2D eigenvalue weighted by Crippen LogP contribution is 2.43. The Kier molecular flexibility index (Phi) is 24.6. The van der Waals surface area contributed by atoms with Gasteiger partial charge in [0.25, 0.3) is 11.8 Å². The molecule has 0 saturated carbocycles. The molecule has 0 aromatic carbocycles. The predicted octanol–water partition coefficient (Wildman–Crippen LogP) is 0.860. The van der Waals surface area contributed by atoms with E-state index in [0.29, 0.717) is 45.3 Å². The summed E-state index contributed by atoms with van der Waals surface area (Å²) in [5.41, 5.74) is 0. The minimum absolute atomic E-state index is 0.0338. The maximum atomic E-state index is 12.3. The van der Waals surface area contributed by atoms with Crippen molar-refractivity contribution < 1.29 is 75.5 Å². The van der Waals surface area contributed by atoms with Crippen molar-refractivity contribution in [2.75, 3.05) is 84.1 Å². The Morgan fingerprint density at radius 3 is 1.85 bits per heavy atom. The van der Waals surface area contributed by atoms with E-state index in [1.807, 2.05) is 0 Å². The van der Waals surface area contributed by atoms with Crippen LogP contribution in [-0.4, -0.2) is 142 Å². The van der Waals surface area contributed by atoms with Gasteiger partial charge in [-0.05, 0) is 25.7 Å². The number of amides is 4. The highest BCUT2D eigenvalue weighted by Gasteiger charge is 2.31. The summed E-state index contributed by atoms with van der Waals surface area (Å²) in [6.45, 7) is 1.86. The second-order valence-corrected chi connectivity index (χ2v) is 16.3. The number of imide groups is 1. The van der Waals surface area contributed by atoms with Gasteiger partial charge in [0.2, 0.25) is 11.8 Å². The lowest BCUT2D eigenvalue weighted by atomic mass is 9.97. The fourth-order valence-electron chi connectivity index (χ4n) is 4.43. The van der Waals surface area contributed by atoms with Crippen LogP contribution in [-0.2, 0) is 60.8 Å². The Balaban J connectivity index is 1.43. The van der Waals surface area contributed by atoms with Gasteiger partial charge in [-0.2, -0.15) is 0 Å². The SMILES string of the molecule is [B]C1CCC(COP(=O)(O)OCCOCCOCCOCCNC(=O)CCSC2=C(SCCC(=O)NCCCCCCOP(=O)(O)O)C(=O)NC2=O)O1. The first kappa shape index (κ1) is 47.8. The minimum Gasteiger partial charge on any atom is -0.382 e. The van der Waals surface area contributed by atoms with Crippen LogP contribution in [0, 0.1) is 0 Å². The monoisotopic (exact) mass is 833 g/mol. The molecule has 2 aliphatic rings. The molecule has 0 aromatic heterocycles. The third-order valence-electron chi connectivity index (χ3n) is 7.01. The molecule has 2 heterocycles. The van der Waals surface area contributed by atoms with Crippen LogP contribution in [0.1, 0.15) is 51.4 Å². The van der Waals surface area contributed by atoms with Crippen LogP contribution in [0.5, 0.6) is 0 Å². The maximum Gasteiger partial charge on any atom is 0.472 e. The lowest BCUT2D eigenvalue weighted by Gasteiger charge is -2.15. The van der Waals surface area contributed by atoms with E-state index in [2.05, 4.69) is 20.5 Å². The lowest BCUT2D eigenvalue weighted by molar-refractivity contribution is -0.124. The quantitative estimate of drug-likeness (QED) is 0.0238. The molecule has 2 aliphatic heterocycles. The number of hydrogen-bond donors (Lipinski definition) is 6. The second kappa shape index (κ2) is 27.3. The first-order valence-corrected chi connectivity index (χ1v) is 22.1. The van der Waals surface area contributed by atoms with Gasteiger partial charge in [0.15, 0.2) is 0 Å². The average Bonchev–Trinajstić information content (AvgIpc) is 3.63. The molecule has 0 bridgehead atoms. The number of carbonyl (C=O) groups excluding carboxylic acids is 4. The predicted molar refractivity (Wildman–Crippen MR) is 195 cm³/mol. The van der Waals surface area contributed by atoms with Gasteiger partial charge in [-0.15, -0.1) is 23.5 Å². The van der Waals surface area contributed by atoms with Crippen molar-refractivity contribution in [3.63, 3.8) is 0 Å². The first-order chi connectivity index (χ1) is 25.3. The number of hydrogen-bond acceptors (Lipinski definition) is 15. The summed E-state index contributed by atoms with van der Waals surface area (Å²) in [7, 11) is -3.05. The molecule has 6 N–H and O–H groups in total. The summed E-state index contributed by atoms with van der Waals surface area (Å²) in [5, 5.41) is 7.73. The zero-order chi connectivity index (χ0) is 39.0.